The van der Waals surface area contributed by atoms with Crippen molar-refractivity contribution in [2.75, 3.05) is 0 Å². The lowest BCUT2D eigenvalue weighted by Gasteiger charge is -2.32. The van der Waals surface area contributed by atoms with E-state index >= 15 is 0 Å². The maximum absolute atomic E-state index is 12.3. The van der Waals surface area contributed by atoms with E-state index in [0.29, 0.717) is 5.56 Å². The number of halogens is 1. The van der Waals surface area contributed by atoms with E-state index in [2.05, 4.69) is 21.2 Å². The summed E-state index contributed by atoms with van der Waals surface area (Å²) in [5.41, 5.74) is 0.440. The lowest BCUT2D eigenvalue weighted by Crippen LogP contribution is -2.41. The topological polar surface area (TPSA) is 47.6 Å². The molecule has 0 aliphatic carbocycles. The van der Waals surface area contributed by atoms with Crippen LogP contribution in [0, 0.1) is 0 Å². The fraction of sp³-hybridized carbons (Fsp3) is 0.588. The van der Waals surface area contributed by atoms with Crippen molar-refractivity contribution in [2.24, 2.45) is 0 Å². The Bertz CT molecular complexity index is 607. The van der Waals surface area contributed by atoms with Gasteiger partial charge in [0.25, 0.3) is 5.91 Å². The summed E-state index contributed by atoms with van der Waals surface area (Å²) >= 11 is 3.54. The Kier molecular flexibility index (Phi) is 4.75. The molecule has 0 aromatic heterocycles. The van der Waals surface area contributed by atoms with Crippen LogP contribution in [0.15, 0.2) is 22.7 Å². The third-order valence-electron chi connectivity index (χ3n) is 4.26. The van der Waals surface area contributed by atoms with E-state index < -0.39 is 7.12 Å². The molecule has 0 unspecified atom stereocenters. The molecule has 0 saturated carbocycles. The van der Waals surface area contributed by atoms with Gasteiger partial charge in [-0.25, -0.2) is 0 Å². The summed E-state index contributed by atoms with van der Waals surface area (Å²) in [5.74, 6) is -0.0985. The molecule has 0 radical (unpaired) electrons. The van der Waals surface area contributed by atoms with Crippen LogP contribution in [0.3, 0.4) is 0 Å². The van der Waals surface area contributed by atoms with Crippen LogP contribution in [0.5, 0.6) is 0 Å². The fourth-order valence-electron chi connectivity index (χ4n) is 2.24. The molecule has 1 fully saturated rings. The molecule has 1 aliphatic rings. The molecule has 1 amide bonds. The number of carbonyl (C=O) groups is 1. The SMILES string of the molecule is CC(C)(C)NC(=O)c1ccc(B2OC(C)(C)C(C)(C)O2)c(Br)c1. The van der Waals surface area contributed by atoms with Gasteiger partial charge in [-0.2, -0.15) is 0 Å². The van der Waals surface area contributed by atoms with Gasteiger partial charge in [0.05, 0.1) is 11.2 Å². The molecule has 1 heterocycles. The number of amides is 1. The quantitative estimate of drug-likeness (QED) is 0.799. The van der Waals surface area contributed by atoms with Crippen molar-refractivity contribution in [1.82, 2.24) is 5.32 Å². The second-order valence-electron chi connectivity index (χ2n) is 8.03. The summed E-state index contributed by atoms with van der Waals surface area (Å²) in [6.07, 6.45) is 0. The molecule has 1 N–H and O–H groups in total. The third kappa shape index (κ3) is 3.98. The van der Waals surface area contributed by atoms with E-state index in [-0.39, 0.29) is 22.6 Å². The molecule has 23 heavy (non-hydrogen) atoms. The molecule has 126 valence electrons. The van der Waals surface area contributed by atoms with E-state index in [1.54, 1.807) is 12.1 Å². The Morgan fingerprint density at radius 1 is 1.13 bits per heavy atom. The highest BCUT2D eigenvalue weighted by Gasteiger charge is 2.52. The first-order valence-corrected chi connectivity index (χ1v) is 8.59. The number of hydrogen-bond acceptors (Lipinski definition) is 3. The second-order valence-corrected chi connectivity index (χ2v) is 8.88. The minimum Gasteiger partial charge on any atom is -0.399 e. The number of nitrogens with one attached hydrogen (secondary N) is 1. The highest BCUT2D eigenvalue weighted by Crippen LogP contribution is 2.37. The van der Waals surface area contributed by atoms with Crippen LogP contribution in [-0.2, 0) is 9.31 Å². The van der Waals surface area contributed by atoms with Crippen molar-refractivity contribution in [2.45, 2.75) is 65.2 Å². The highest BCUT2D eigenvalue weighted by molar-refractivity contribution is 9.10. The number of carbonyl (C=O) groups excluding carboxylic acids is 1. The molecule has 0 atom stereocenters. The smallest absolute Gasteiger partial charge is 0.399 e. The van der Waals surface area contributed by atoms with Gasteiger partial charge in [-0.3, -0.25) is 4.79 Å². The maximum atomic E-state index is 12.3. The van der Waals surface area contributed by atoms with Gasteiger partial charge in [0.15, 0.2) is 0 Å². The van der Waals surface area contributed by atoms with Crippen LogP contribution in [0.1, 0.15) is 58.8 Å². The minimum atomic E-state index is -0.450. The fourth-order valence-corrected chi connectivity index (χ4v) is 2.81. The first kappa shape index (κ1) is 18.5. The summed E-state index contributed by atoms with van der Waals surface area (Å²) in [6.45, 7) is 14.0. The van der Waals surface area contributed by atoms with Crippen LogP contribution in [-0.4, -0.2) is 29.8 Å². The van der Waals surface area contributed by atoms with E-state index in [1.165, 1.54) is 0 Å². The normalized spacial score (nSPS) is 19.7. The molecule has 4 nitrogen and oxygen atoms in total. The molecular formula is C17H25BBrNO3. The first-order chi connectivity index (χ1) is 10.3. The zero-order chi connectivity index (χ0) is 17.6. The van der Waals surface area contributed by atoms with Crippen LogP contribution in [0.4, 0.5) is 0 Å². The van der Waals surface area contributed by atoms with E-state index in [1.807, 2.05) is 54.5 Å². The summed E-state index contributed by atoms with van der Waals surface area (Å²) in [6, 6.07) is 5.48. The largest absolute Gasteiger partial charge is 0.495 e. The molecule has 1 saturated heterocycles. The molecule has 0 spiro atoms. The molecule has 1 aliphatic heterocycles. The molecule has 1 aromatic rings. The summed E-state index contributed by atoms with van der Waals surface area (Å²) < 4.78 is 12.9. The molecule has 0 bridgehead atoms. The molecule has 6 heteroatoms. The van der Waals surface area contributed by atoms with Gasteiger partial charge in [-0.15, -0.1) is 0 Å². The van der Waals surface area contributed by atoms with Crippen LogP contribution in [0.2, 0.25) is 0 Å². The Hall–Kier alpha value is -0.845. The second kappa shape index (κ2) is 5.90. The van der Waals surface area contributed by atoms with Gasteiger partial charge in [-0.05, 0) is 66.1 Å². The van der Waals surface area contributed by atoms with Crippen molar-refractivity contribution in [1.29, 1.82) is 0 Å². The number of hydrogen-bond donors (Lipinski definition) is 1. The zero-order valence-corrected chi connectivity index (χ0v) is 16.5. The van der Waals surface area contributed by atoms with Gasteiger partial charge < -0.3 is 14.6 Å². The Morgan fingerprint density at radius 2 is 1.65 bits per heavy atom. The van der Waals surface area contributed by atoms with E-state index in [4.69, 9.17) is 9.31 Å². The van der Waals surface area contributed by atoms with Crippen molar-refractivity contribution >= 4 is 34.4 Å². The lowest BCUT2D eigenvalue weighted by atomic mass is 9.79. The first-order valence-electron chi connectivity index (χ1n) is 7.80. The zero-order valence-electron chi connectivity index (χ0n) is 14.9. The predicted octanol–water partition coefficient (Wildman–Crippen LogP) is 3.28. The highest BCUT2D eigenvalue weighted by atomic mass is 79.9. The molecule has 2 rings (SSSR count). The van der Waals surface area contributed by atoms with Crippen molar-refractivity contribution in [3.8, 4) is 0 Å². The summed E-state index contributed by atoms with van der Waals surface area (Å²) in [7, 11) is -0.450. The van der Waals surface area contributed by atoms with E-state index in [9.17, 15) is 4.79 Å². The van der Waals surface area contributed by atoms with Gasteiger partial charge in [0, 0.05) is 15.6 Å². The third-order valence-corrected chi connectivity index (χ3v) is 4.95. The van der Waals surface area contributed by atoms with Crippen LogP contribution < -0.4 is 10.8 Å². The average Bonchev–Trinajstić information content (AvgIpc) is 2.55. The standard InChI is InChI=1S/C17H25BBrNO3/c1-15(2,3)20-14(21)11-8-9-12(13(19)10-11)18-22-16(4,5)17(6,7)23-18/h8-10H,1-7H3,(H,20,21). The van der Waals surface area contributed by atoms with E-state index in [0.717, 1.165) is 9.94 Å². The average molecular weight is 382 g/mol. The maximum Gasteiger partial charge on any atom is 0.495 e. The van der Waals surface area contributed by atoms with Crippen molar-refractivity contribution in [3.63, 3.8) is 0 Å². The van der Waals surface area contributed by atoms with Gasteiger partial charge >= 0.3 is 7.12 Å². The summed E-state index contributed by atoms with van der Waals surface area (Å²) in [5, 5.41) is 2.96. The van der Waals surface area contributed by atoms with Crippen LogP contribution in [0.25, 0.3) is 0 Å². The molecule has 1 aromatic carbocycles. The monoisotopic (exact) mass is 381 g/mol. The minimum absolute atomic E-state index is 0.0985. The number of rotatable bonds is 2. The van der Waals surface area contributed by atoms with Crippen molar-refractivity contribution < 1.29 is 14.1 Å². The Balaban J connectivity index is 2.23. The molecular weight excluding hydrogens is 357 g/mol. The predicted molar refractivity (Wildman–Crippen MR) is 97.1 cm³/mol. The summed E-state index contributed by atoms with van der Waals surface area (Å²) in [4.78, 5) is 12.3. The lowest BCUT2D eigenvalue weighted by molar-refractivity contribution is 0.00578. The van der Waals surface area contributed by atoms with Crippen LogP contribution >= 0.6 is 15.9 Å². The number of benzene rings is 1. The van der Waals surface area contributed by atoms with Gasteiger partial charge in [0.2, 0.25) is 0 Å². The van der Waals surface area contributed by atoms with Gasteiger partial charge in [0.1, 0.15) is 0 Å². The van der Waals surface area contributed by atoms with Gasteiger partial charge in [-0.1, -0.05) is 22.0 Å². The van der Waals surface area contributed by atoms with Crippen molar-refractivity contribution in [3.05, 3.63) is 28.2 Å². The Labute approximate surface area is 147 Å². The Morgan fingerprint density at radius 3 is 2.09 bits per heavy atom.